The minimum Gasteiger partial charge on any atom is -0.438 e. The second-order valence-corrected chi connectivity index (χ2v) is 5.27. The lowest BCUT2D eigenvalue weighted by Crippen LogP contribution is -2.39. The summed E-state index contributed by atoms with van der Waals surface area (Å²) in [5.74, 6) is 1.05. The number of aromatic nitrogens is 2. The van der Waals surface area contributed by atoms with E-state index in [0.717, 1.165) is 5.69 Å². The molecular weight excluding hydrogens is 268 g/mol. The molecule has 21 heavy (non-hydrogen) atoms. The van der Waals surface area contributed by atoms with Crippen molar-refractivity contribution in [2.45, 2.75) is 26.8 Å². The standard InChI is InChI=1S/C15H20N4O2/c1-9(2)14(16)15(20)17-11-4-6-12(7-5-11)21-13-8-10(3)18-19-13/h4-9,14H,16H2,1-3H3,(H,17,20)(H,18,19)/t14-/m0/s1. The van der Waals surface area contributed by atoms with E-state index in [2.05, 4.69) is 15.5 Å². The van der Waals surface area contributed by atoms with Crippen molar-refractivity contribution in [1.82, 2.24) is 10.2 Å². The summed E-state index contributed by atoms with van der Waals surface area (Å²) in [4.78, 5) is 11.9. The fourth-order valence-electron chi connectivity index (χ4n) is 1.70. The van der Waals surface area contributed by atoms with Crippen molar-refractivity contribution in [2.75, 3.05) is 5.32 Å². The van der Waals surface area contributed by atoms with Crippen LogP contribution in [-0.4, -0.2) is 22.1 Å². The third kappa shape index (κ3) is 4.06. The Kier molecular flexibility index (Phi) is 4.59. The summed E-state index contributed by atoms with van der Waals surface area (Å²) in [7, 11) is 0. The Morgan fingerprint density at radius 1 is 1.33 bits per heavy atom. The van der Waals surface area contributed by atoms with E-state index in [4.69, 9.17) is 10.5 Å². The first-order valence-corrected chi connectivity index (χ1v) is 6.82. The number of benzene rings is 1. The lowest BCUT2D eigenvalue weighted by Gasteiger charge is -2.15. The summed E-state index contributed by atoms with van der Waals surface area (Å²) in [6.07, 6.45) is 0. The Balaban J connectivity index is 1.97. The molecule has 0 aliphatic rings. The highest BCUT2D eigenvalue weighted by Gasteiger charge is 2.17. The predicted molar refractivity (Wildman–Crippen MR) is 81.3 cm³/mol. The van der Waals surface area contributed by atoms with Gasteiger partial charge in [-0.05, 0) is 37.1 Å². The second kappa shape index (κ2) is 6.41. The van der Waals surface area contributed by atoms with Gasteiger partial charge in [-0.1, -0.05) is 13.8 Å². The second-order valence-electron chi connectivity index (χ2n) is 5.27. The van der Waals surface area contributed by atoms with E-state index in [1.165, 1.54) is 0 Å². The van der Waals surface area contributed by atoms with Crippen LogP contribution in [-0.2, 0) is 4.79 Å². The molecule has 0 aliphatic carbocycles. The van der Waals surface area contributed by atoms with Crippen molar-refractivity contribution < 1.29 is 9.53 Å². The number of carbonyl (C=O) groups is 1. The Morgan fingerprint density at radius 2 is 2.00 bits per heavy atom. The van der Waals surface area contributed by atoms with Crippen LogP contribution in [0.25, 0.3) is 0 Å². The highest BCUT2D eigenvalue weighted by Crippen LogP contribution is 2.21. The number of hydrogen-bond acceptors (Lipinski definition) is 4. The van der Waals surface area contributed by atoms with E-state index in [0.29, 0.717) is 17.3 Å². The molecule has 0 spiro atoms. The highest BCUT2D eigenvalue weighted by molar-refractivity contribution is 5.94. The van der Waals surface area contributed by atoms with Gasteiger partial charge in [-0.2, -0.15) is 0 Å². The van der Waals surface area contributed by atoms with Crippen LogP contribution < -0.4 is 15.8 Å². The summed E-state index contributed by atoms with van der Waals surface area (Å²) >= 11 is 0. The average Bonchev–Trinajstić information content (AvgIpc) is 2.85. The summed E-state index contributed by atoms with van der Waals surface area (Å²) in [6, 6.07) is 8.34. The molecule has 1 aromatic heterocycles. The molecule has 1 aromatic carbocycles. The molecule has 6 heteroatoms. The Morgan fingerprint density at radius 3 is 2.52 bits per heavy atom. The number of aryl methyl sites for hydroxylation is 1. The monoisotopic (exact) mass is 288 g/mol. The van der Waals surface area contributed by atoms with Gasteiger partial charge >= 0.3 is 0 Å². The van der Waals surface area contributed by atoms with Gasteiger partial charge in [-0.3, -0.25) is 9.89 Å². The molecule has 1 heterocycles. The quantitative estimate of drug-likeness (QED) is 0.787. The van der Waals surface area contributed by atoms with Crippen LogP contribution in [0.2, 0.25) is 0 Å². The van der Waals surface area contributed by atoms with Crippen LogP contribution in [0.1, 0.15) is 19.5 Å². The topological polar surface area (TPSA) is 93.0 Å². The fraction of sp³-hybridized carbons (Fsp3) is 0.333. The smallest absolute Gasteiger partial charge is 0.241 e. The molecule has 0 saturated carbocycles. The maximum Gasteiger partial charge on any atom is 0.241 e. The zero-order valence-electron chi connectivity index (χ0n) is 12.4. The third-order valence-electron chi connectivity index (χ3n) is 3.05. The number of H-pyrrole nitrogens is 1. The number of carbonyl (C=O) groups excluding carboxylic acids is 1. The molecule has 4 N–H and O–H groups in total. The number of aromatic amines is 1. The molecule has 0 bridgehead atoms. The number of hydrogen-bond donors (Lipinski definition) is 3. The van der Waals surface area contributed by atoms with E-state index >= 15 is 0 Å². The Bertz CT molecular complexity index is 604. The molecule has 0 saturated heterocycles. The molecular formula is C15H20N4O2. The van der Waals surface area contributed by atoms with Crippen molar-refractivity contribution in [3.63, 3.8) is 0 Å². The molecule has 1 amide bonds. The fourth-order valence-corrected chi connectivity index (χ4v) is 1.70. The maximum absolute atomic E-state index is 11.9. The minimum atomic E-state index is -0.520. The largest absolute Gasteiger partial charge is 0.438 e. The summed E-state index contributed by atoms with van der Waals surface area (Å²) < 4.78 is 5.57. The van der Waals surface area contributed by atoms with Crippen LogP contribution in [0.3, 0.4) is 0 Å². The lowest BCUT2D eigenvalue weighted by molar-refractivity contribution is -0.118. The van der Waals surface area contributed by atoms with Gasteiger partial charge in [0.05, 0.1) is 6.04 Å². The van der Waals surface area contributed by atoms with E-state index in [1.807, 2.05) is 20.8 Å². The number of nitrogens with two attached hydrogens (primary N) is 1. The number of amides is 1. The van der Waals surface area contributed by atoms with Crippen LogP contribution in [0, 0.1) is 12.8 Å². The minimum absolute atomic E-state index is 0.0931. The van der Waals surface area contributed by atoms with Gasteiger partial charge in [-0.25, -0.2) is 0 Å². The molecule has 0 radical (unpaired) electrons. The Hall–Kier alpha value is -2.34. The number of nitrogens with zero attached hydrogens (tertiary/aromatic N) is 1. The molecule has 6 nitrogen and oxygen atoms in total. The van der Waals surface area contributed by atoms with Crippen LogP contribution in [0.15, 0.2) is 30.3 Å². The van der Waals surface area contributed by atoms with E-state index < -0.39 is 6.04 Å². The normalized spacial score (nSPS) is 12.2. The molecule has 0 aliphatic heterocycles. The van der Waals surface area contributed by atoms with Gasteiger partial charge in [0.15, 0.2) is 0 Å². The first kappa shape index (κ1) is 15.1. The zero-order chi connectivity index (χ0) is 15.4. The first-order valence-electron chi connectivity index (χ1n) is 6.82. The number of anilines is 1. The van der Waals surface area contributed by atoms with Crippen molar-refractivity contribution in [2.24, 2.45) is 11.7 Å². The van der Waals surface area contributed by atoms with Crippen molar-refractivity contribution >= 4 is 11.6 Å². The first-order chi connectivity index (χ1) is 9.95. The Labute approximate surface area is 123 Å². The molecule has 0 unspecified atom stereocenters. The average molecular weight is 288 g/mol. The van der Waals surface area contributed by atoms with Gasteiger partial charge < -0.3 is 15.8 Å². The summed E-state index contributed by atoms with van der Waals surface area (Å²) in [5, 5.41) is 9.57. The SMILES string of the molecule is Cc1cc(Oc2ccc(NC(=O)[C@@H](N)C(C)C)cc2)n[nH]1. The highest BCUT2D eigenvalue weighted by atomic mass is 16.5. The van der Waals surface area contributed by atoms with Gasteiger partial charge in [0.1, 0.15) is 5.75 Å². The van der Waals surface area contributed by atoms with Gasteiger partial charge in [0.2, 0.25) is 11.8 Å². The van der Waals surface area contributed by atoms with Gasteiger partial charge in [-0.15, -0.1) is 5.10 Å². The molecule has 112 valence electrons. The molecule has 1 atom stereocenters. The number of ether oxygens (including phenoxy) is 1. The van der Waals surface area contributed by atoms with Crippen LogP contribution >= 0.6 is 0 Å². The van der Waals surface area contributed by atoms with E-state index in [9.17, 15) is 4.79 Å². The molecule has 0 fully saturated rings. The third-order valence-corrected chi connectivity index (χ3v) is 3.05. The zero-order valence-corrected chi connectivity index (χ0v) is 12.4. The van der Waals surface area contributed by atoms with E-state index in [1.54, 1.807) is 30.3 Å². The van der Waals surface area contributed by atoms with E-state index in [-0.39, 0.29) is 11.8 Å². The molecule has 2 aromatic rings. The summed E-state index contributed by atoms with van der Waals surface area (Å²) in [5.41, 5.74) is 7.40. The van der Waals surface area contributed by atoms with Crippen molar-refractivity contribution in [3.05, 3.63) is 36.0 Å². The maximum atomic E-state index is 11.9. The van der Waals surface area contributed by atoms with Crippen molar-refractivity contribution in [1.29, 1.82) is 0 Å². The predicted octanol–water partition coefficient (Wildman–Crippen LogP) is 2.43. The van der Waals surface area contributed by atoms with Gasteiger partial charge in [0, 0.05) is 17.4 Å². The lowest BCUT2D eigenvalue weighted by atomic mass is 10.1. The van der Waals surface area contributed by atoms with Crippen LogP contribution in [0.4, 0.5) is 5.69 Å². The summed E-state index contributed by atoms with van der Waals surface area (Å²) in [6.45, 7) is 5.72. The number of nitrogens with one attached hydrogen (secondary N) is 2. The molecule has 2 rings (SSSR count). The van der Waals surface area contributed by atoms with Crippen LogP contribution in [0.5, 0.6) is 11.6 Å². The van der Waals surface area contributed by atoms with Crippen molar-refractivity contribution in [3.8, 4) is 11.6 Å². The van der Waals surface area contributed by atoms with Gasteiger partial charge in [0.25, 0.3) is 0 Å². The number of rotatable bonds is 5.